The van der Waals surface area contributed by atoms with Crippen LogP contribution >= 0.6 is 0 Å². The molecule has 130 valence electrons. The van der Waals surface area contributed by atoms with Crippen LogP contribution in [0.3, 0.4) is 0 Å². The number of rotatable bonds is 4. The van der Waals surface area contributed by atoms with E-state index < -0.39 is 12.1 Å². The summed E-state index contributed by atoms with van der Waals surface area (Å²) >= 11 is 0. The summed E-state index contributed by atoms with van der Waals surface area (Å²) in [6.07, 6.45) is 2.24. The molecule has 0 aromatic heterocycles. The lowest BCUT2D eigenvalue weighted by Gasteiger charge is -2.30. The first-order chi connectivity index (χ1) is 12.1. The third-order valence-corrected chi connectivity index (χ3v) is 4.51. The van der Waals surface area contributed by atoms with E-state index >= 15 is 0 Å². The van der Waals surface area contributed by atoms with E-state index in [1.165, 1.54) is 0 Å². The van der Waals surface area contributed by atoms with Gasteiger partial charge in [0.2, 0.25) is 6.10 Å². The van der Waals surface area contributed by atoms with Gasteiger partial charge in [0.15, 0.2) is 0 Å². The molecule has 1 aliphatic heterocycles. The molecule has 1 aliphatic rings. The lowest BCUT2D eigenvalue weighted by molar-refractivity contribution is -0.142. The largest absolute Gasteiger partial charge is 0.444 e. The average Bonchev–Trinajstić information content (AvgIpc) is 2.67. The molecule has 0 aliphatic carbocycles. The van der Waals surface area contributed by atoms with Gasteiger partial charge < -0.3 is 9.64 Å². The zero-order valence-corrected chi connectivity index (χ0v) is 14.5. The van der Waals surface area contributed by atoms with E-state index in [0.29, 0.717) is 11.1 Å². The zero-order valence-electron chi connectivity index (χ0n) is 14.5. The number of ether oxygens (including phenoxy) is 1. The van der Waals surface area contributed by atoms with Crippen molar-refractivity contribution in [3.63, 3.8) is 0 Å². The van der Waals surface area contributed by atoms with E-state index in [9.17, 15) is 9.59 Å². The van der Waals surface area contributed by atoms with Crippen LogP contribution in [-0.2, 0) is 9.53 Å². The molecule has 3 rings (SSSR count). The van der Waals surface area contributed by atoms with Gasteiger partial charge >= 0.3 is 5.97 Å². The van der Waals surface area contributed by atoms with Crippen LogP contribution in [-0.4, -0.2) is 29.9 Å². The quantitative estimate of drug-likeness (QED) is 0.795. The van der Waals surface area contributed by atoms with Crippen molar-refractivity contribution in [3.8, 4) is 0 Å². The van der Waals surface area contributed by atoms with E-state index in [4.69, 9.17) is 4.74 Å². The summed E-state index contributed by atoms with van der Waals surface area (Å²) in [7, 11) is 0. The maximum atomic E-state index is 13.0. The van der Waals surface area contributed by atoms with Gasteiger partial charge in [-0.2, -0.15) is 0 Å². The Kier molecular flexibility index (Phi) is 5.49. The Balaban J connectivity index is 1.82. The van der Waals surface area contributed by atoms with E-state index in [1.54, 1.807) is 12.1 Å². The summed E-state index contributed by atoms with van der Waals surface area (Å²) < 4.78 is 5.65. The molecule has 0 N–H and O–H groups in total. The SMILES string of the molecule is Cc1ccc(C(=O)O[C@@H](C(=O)N2CCCCC2)c2ccccc2)cc1. The average molecular weight is 337 g/mol. The summed E-state index contributed by atoms with van der Waals surface area (Å²) in [5.74, 6) is -0.606. The smallest absolute Gasteiger partial charge is 0.339 e. The van der Waals surface area contributed by atoms with E-state index in [2.05, 4.69) is 0 Å². The van der Waals surface area contributed by atoms with Crippen molar-refractivity contribution >= 4 is 11.9 Å². The molecule has 1 saturated heterocycles. The predicted molar refractivity (Wildman–Crippen MR) is 96.2 cm³/mol. The van der Waals surface area contributed by atoms with E-state index in [0.717, 1.165) is 37.9 Å². The van der Waals surface area contributed by atoms with Crippen molar-refractivity contribution in [3.05, 3.63) is 71.3 Å². The Labute approximate surface area is 148 Å². The summed E-state index contributed by atoms with van der Waals surface area (Å²) in [5.41, 5.74) is 2.23. The second kappa shape index (κ2) is 7.97. The van der Waals surface area contributed by atoms with Gasteiger partial charge in [0.25, 0.3) is 5.91 Å². The van der Waals surface area contributed by atoms with Gasteiger partial charge in [-0.25, -0.2) is 4.79 Å². The van der Waals surface area contributed by atoms with Crippen molar-refractivity contribution in [1.82, 2.24) is 4.90 Å². The molecule has 4 heteroatoms. The molecule has 2 aromatic rings. The monoisotopic (exact) mass is 337 g/mol. The van der Waals surface area contributed by atoms with Gasteiger partial charge in [-0.05, 0) is 38.3 Å². The second-order valence-corrected chi connectivity index (χ2v) is 6.45. The van der Waals surface area contributed by atoms with Crippen molar-refractivity contribution in [2.45, 2.75) is 32.3 Å². The molecule has 0 unspecified atom stereocenters. The highest BCUT2D eigenvalue weighted by Crippen LogP contribution is 2.24. The van der Waals surface area contributed by atoms with E-state index in [1.807, 2.05) is 54.3 Å². The molecule has 4 nitrogen and oxygen atoms in total. The van der Waals surface area contributed by atoms with Crippen molar-refractivity contribution in [2.75, 3.05) is 13.1 Å². The fraction of sp³-hybridized carbons (Fsp3) is 0.333. The molecule has 0 bridgehead atoms. The van der Waals surface area contributed by atoms with E-state index in [-0.39, 0.29) is 5.91 Å². The maximum absolute atomic E-state index is 13.0. The molecule has 1 heterocycles. The number of esters is 1. The first-order valence-corrected chi connectivity index (χ1v) is 8.76. The molecule has 25 heavy (non-hydrogen) atoms. The fourth-order valence-electron chi connectivity index (χ4n) is 3.03. The van der Waals surface area contributed by atoms with Crippen LogP contribution in [0.25, 0.3) is 0 Å². The van der Waals surface area contributed by atoms with Crippen LogP contribution in [0.15, 0.2) is 54.6 Å². The minimum absolute atomic E-state index is 0.133. The second-order valence-electron chi connectivity index (χ2n) is 6.45. The first kappa shape index (κ1) is 17.2. The normalized spacial score (nSPS) is 15.5. The number of benzene rings is 2. The molecule has 0 radical (unpaired) electrons. The summed E-state index contributed by atoms with van der Waals surface area (Å²) in [4.78, 5) is 27.3. The molecule has 1 amide bonds. The Morgan fingerprint density at radius 1 is 0.920 bits per heavy atom. The Hall–Kier alpha value is -2.62. The number of amides is 1. The van der Waals surface area contributed by atoms with Gasteiger partial charge in [-0.3, -0.25) is 4.79 Å². The molecule has 0 saturated carbocycles. The highest BCUT2D eigenvalue weighted by Gasteiger charge is 2.30. The third kappa shape index (κ3) is 4.27. The fourth-order valence-corrected chi connectivity index (χ4v) is 3.03. The van der Waals surface area contributed by atoms with Crippen LogP contribution in [0.4, 0.5) is 0 Å². The van der Waals surface area contributed by atoms with Gasteiger partial charge in [0.1, 0.15) is 0 Å². The Morgan fingerprint density at radius 2 is 1.56 bits per heavy atom. The minimum Gasteiger partial charge on any atom is -0.444 e. The number of hydrogen-bond acceptors (Lipinski definition) is 3. The first-order valence-electron chi connectivity index (χ1n) is 8.76. The molecular weight excluding hydrogens is 314 g/mol. The standard InChI is InChI=1S/C21H23NO3/c1-16-10-12-18(13-11-16)21(24)25-19(17-8-4-2-5-9-17)20(23)22-14-6-3-7-15-22/h2,4-5,8-13,19H,3,6-7,14-15H2,1H3/t19-/m1/s1. The zero-order chi connectivity index (χ0) is 17.6. The van der Waals surface area contributed by atoms with Crippen LogP contribution in [0.5, 0.6) is 0 Å². The minimum atomic E-state index is -0.895. The third-order valence-electron chi connectivity index (χ3n) is 4.51. The number of carbonyl (C=O) groups is 2. The number of carbonyl (C=O) groups excluding carboxylic acids is 2. The van der Waals surface area contributed by atoms with Crippen LogP contribution < -0.4 is 0 Å². The van der Waals surface area contributed by atoms with Gasteiger partial charge in [0, 0.05) is 18.7 Å². The van der Waals surface area contributed by atoms with Crippen LogP contribution in [0, 0.1) is 6.92 Å². The van der Waals surface area contributed by atoms with Gasteiger partial charge in [-0.15, -0.1) is 0 Å². The summed E-state index contributed by atoms with van der Waals surface area (Å²) in [5, 5.41) is 0. The van der Waals surface area contributed by atoms with Crippen LogP contribution in [0.2, 0.25) is 0 Å². The Morgan fingerprint density at radius 3 is 2.20 bits per heavy atom. The Bertz CT molecular complexity index is 719. The van der Waals surface area contributed by atoms with Crippen molar-refractivity contribution < 1.29 is 14.3 Å². The number of likely N-dealkylation sites (tertiary alicyclic amines) is 1. The lowest BCUT2D eigenvalue weighted by atomic mass is 10.1. The number of hydrogen-bond donors (Lipinski definition) is 0. The van der Waals surface area contributed by atoms with Crippen LogP contribution in [0.1, 0.15) is 46.9 Å². The molecule has 0 spiro atoms. The number of piperidine rings is 1. The summed E-state index contributed by atoms with van der Waals surface area (Å²) in [6, 6.07) is 16.4. The van der Waals surface area contributed by atoms with Gasteiger partial charge in [0.05, 0.1) is 5.56 Å². The maximum Gasteiger partial charge on any atom is 0.339 e. The molecular formula is C21H23NO3. The highest BCUT2D eigenvalue weighted by atomic mass is 16.5. The summed E-state index contributed by atoms with van der Waals surface area (Å²) in [6.45, 7) is 3.41. The topological polar surface area (TPSA) is 46.6 Å². The molecule has 1 atom stereocenters. The molecule has 1 fully saturated rings. The molecule has 2 aromatic carbocycles. The predicted octanol–water partition coefficient (Wildman–Crippen LogP) is 3.91. The highest BCUT2D eigenvalue weighted by molar-refractivity contribution is 5.92. The lowest BCUT2D eigenvalue weighted by Crippen LogP contribution is -2.40. The van der Waals surface area contributed by atoms with Gasteiger partial charge in [-0.1, -0.05) is 48.0 Å². The number of nitrogens with zero attached hydrogens (tertiary/aromatic N) is 1. The number of aryl methyl sites for hydroxylation is 1. The van der Waals surface area contributed by atoms with Crippen molar-refractivity contribution in [1.29, 1.82) is 0 Å². The van der Waals surface area contributed by atoms with Crippen molar-refractivity contribution in [2.24, 2.45) is 0 Å².